The molecule has 0 radical (unpaired) electrons. The second-order valence-electron chi connectivity index (χ2n) is 9.98. The van der Waals surface area contributed by atoms with Gasteiger partial charge in [-0.05, 0) is 79.6 Å². The summed E-state index contributed by atoms with van der Waals surface area (Å²) in [5.74, 6) is 2.23. The molecule has 0 atom stereocenters. The maximum Gasteiger partial charge on any atom is 0.287 e. The summed E-state index contributed by atoms with van der Waals surface area (Å²) in [5, 5.41) is 0. The summed E-state index contributed by atoms with van der Waals surface area (Å²) in [5.41, 5.74) is 9.21. The summed E-state index contributed by atoms with van der Waals surface area (Å²) in [6, 6.07) is 34.3. The zero-order valence-corrected chi connectivity index (χ0v) is 23.7. The molecule has 4 heteroatoms. The van der Waals surface area contributed by atoms with Crippen LogP contribution in [0.25, 0.3) is 34.9 Å². The molecule has 0 saturated heterocycles. The lowest BCUT2D eigenvalue weighted by molar-refractivity contribution is -0.670. The normalized spacial score (nSPS) is 13.9. The zero-order valence-electron chi connectivity index (χ0n) is 23.7. The van der Waals surface area contributed by atoms with Gasteiger partial charge in [0.05, 0.1) is 17.9 Å². The molecular weight excluding hydrogens is 500 g/mol. The Bertz CT molecular complexity index is 1790. The van der Waals surface area contributed by atoms with Crippen molar-refractivity contribution in [3.05, 3.63) is 145 Å². The topological polar surface area (TPSA) is 15.3 Å². The van der Waals surface area contributed by atoms with E-state index in [0.717, 1.165) is 47.2 Å². The molecule has 1 aliphatic rings. The summed E-state index contributed by atoms with van der Waals surface area (Å²) in [4.78, 5) is 4.71. The fourth-order valence-electron chi connectivity index (χ4n) is 5.79. The highest BCUT2D eigenvalue weighted by Gasteiger charge is 2.31. The molecule has 0 N–H and O–H groups in total. The van der Waals surface area contributed by atoms with E-state index < -0.39 is 0 Å². The first-order valence-electron chi connectivity index (χ1n) is 14.2. The highest BCUT2D eigenvalue weighted by molar-refractivity contribution is 5.90. The van der Waals surface area contributed by atoms with Gasteiger partial charge in [-0.1, -0.05) is 79.9 Å². The van der Waals surface area contributed by atoms with Crippen molar-refractivity contribution in [2.24, 2.45) is 0 Å². The fraction of sp³-hybridized carbons (Fsp3) is 0.108. The van der Waals surface area contributed by atoms with Crippen molar-refractivity contribution >= 4 is 46.3 Å². The van der Waals surface area contributed by atoms with Crippen molar-refractivity contribution in [2.75, 3.05) is 16.3 Å². The van der Waals surface area contributed by atoms with Gasteiger partial charge in [-0.2, -0.15) is 4.57 Å². The maximum absolute atomic E-state index is 4.00. The number of hydrogen-bond acceptors (Lipinski definition) is 2. The second kappa shape index (κ2) is 11.2. The lowest BCUT2D eigenvalue weighted by Crippen LogP contribution is -2.35. The molecule has 0 unspecified atom stereocenters. The maximum atomic E-state index is 4.00. The van der Waals surface area contributed by atoms with Crippen molar-refractivity contribution in [1.29, 1.82) is 0 Å². The van der Waals surface area contributed by atoms with Crippen LogP contribution >= 0.6 is 0 Å². The molecule has 4 nitrogen and oxygen atoms in total. The highest BCUT2D eigenvalue weighted by atomic mass is 15.4. The van der Waals surface area contributed by atoms with E-state index in [1.54, 1.807) is 0 Å². The third-order valence-electron chi connectivity index (χ3n) is 7.70. The average Bonchev–Trinajstić information content (AvgIpc) is 3.52. The molecule has 6 rings (SSSR count). The van der Waals surface area contributed by atoms with Gasteiger partial charge in [0, 0.05) is 18.3 Å². The van der Waals surface area contributed by atoms with Crippen LogP contribution in [0.3, 0.4) is 0 Å². The zero-order chi connectivity index (χ0) is 28.3. The monoisotopic (exact) mass is 535 g/mol. The lowest BCUT2D eigenvalue weighted by atomic mass is 10.1. The number of allylic oxidation sites excluding steroid dienone is 2. The molecule has 0 amide bonds. The van der Waals surface area contributed by atoms with E-state index in [2.05, 4.69) is 161 Å². The van der Waals surface area contributed by atoms with Crippen LogP contribution in [0.4, 0.5) is 17.1 Å². The van der Waals surface area contributed by atoms with Gasteiger partial charge in [-0.25, -0.2) is 4.57 Å². The van der Waals surface area contributed by atoms with Gasteiger partial charge < -0.3 is 4.90 Å². The Labute approximate surface area is 242 Å². The molecule has 1 aliphatic heterocycles. The molecule has 0 fully saturated rings. The van der Waals surface area contributed by atoms with Crippen LogP contribution in [0.5, 0.6) is 0 Å². The van der Waals surface area contributed by atoms with Gasteiger partial charge in [0.25, 0.3) is 5.82 Å². The molecule has 0 saturated carbocycles. The van der Waals surface area contributed by atoms with Crippen molar-refractivity contribution in [3.63, 3.8) is 0 Å². The first-order chi connectivity index (χ1) is 20.2. The van der Waals surface area contributed by atoms with Gasteiger partial charge >= 0.3 is 0 Å². The quantitative estimate of drug-likeness (QED) is 0.185. The van der Waals surface area contributed by atoms with E-state index in [-0.39, 0.29) is 0 Å². The molecule has 0 spiro atoms. The smallest absolute Gasteiger partial charge is 0.287 e. The fourth-order valence-corrected chi connectivity index (χ4v) is 5.79. The minimum Gasteiger partial charge on any atom is -0.326 e. The van der Waals surface area contributed by atoms with Crippen LogP contribution in [0.15, 0.2) is 128 Å². The van der Waals surface area contributed by atoms with Crippen LogP contribution < -0.4 is 14.4 Å². The number of aromatic nitrogens is 2. The van der Waals surface area contributed by atoms with Crippen molar-refractivity contribution in [1.82, 2.24) is 4.57 Å². The molecule has 0 aliphatic carbocycles. The van der Waals surface area contributed by atoms with Crippen LogP contribution in [-0.2, 0) is 6.54 Å². The Morgan fingerprint density at radius 3 is 2.05 bits per heavy atom. The van der Waals surface area contributed by atoms with Gasteiger partial charge in [-0.15, -0.1) is 0 Å². The third-order valence-corrected chi connectivity index (χ3v) is 7.70. The van der Waals surface area contributed by atoms with Crippen molar-refractivity contribution in [3.8, 4) is 5.69 Å². The number of nitrogens with zero attached hydrogens (tertiary/aromatic N) is 4. The molecule has 41 heavy (non-hydrogen) atoms. The Hall–Kier alpha value is -5.09. The predicted molar refractivity (Wildman–Crippen MR) is 174 cm³/mol. The average molecular weight is 536 g/mol. The van der Waals surface area contributed by atoms with Gasteiger partial charge in [0.1, 0.15) is 11.5 Å². The molecule has 1 aromatic heterocycles. The first-order valence-corrected chi connectivity index (χ1v) is 14.2. The van der Waals surface area contributed by atoms with Gasteiger partial charge in [0.15, 0.2) is 11.0 Å². The summed E-state index contributed by atoms with van der Waals surface area (Å²) >= 11 is 0. The van der Waals surface area contributed by atoms with Crippen molar-refractivity contribution in [2.45, 2.75) is 20.4 Å². The van der Waals surface area contributed by atoms with Crippen LogP contribution in [0.2, 0.25) is 0 Å². The SMILES string of the molecule is C=Cc1ccc2c(c1)N(CC)C(=CC=Cc1n(-c3ccccc3)c3ccc(C=C)cc3[n+]1CC)N2c1ccccc1. The summed E-state index contributed by atoms with van der Waals surface area (Å²) in [6.45, 7) is 14.1. The lowest BCUT2D eigenvalue weighted by Gasteiger charge is -2.24. The summed E-state index contributed by atoms with van der Waals surface area (Å²) in [6.07, 6.45) is 10.5. The third kappa shape index (κ3) is 4.57. The summed E-state index contributed by atoms with van der Waals surface area (Å²) < 4.78 is 4.71. The van der Waals surface area contributed by atoms with Crippen molar-refractivity contribution < 1.29 is 4.57 Å². The molecule has 2 heterocycles. The minimum absolute atomic E-state index is 0.847. The molecule has 5 aromatic rings. The molecule has 202 valence electrons. The Kier molecular flexibility index (Phi) is 7.13. The van der Waals surface area contributed by atoms with Crippen LogP contribution in [0, 0.1) is 0 Å². The van der Waals surface area contributed by atoms with Crippen LogP contribution in [-0.4, -0.2) is 11.1 Å². The number of fused-ring (bicyclic) bond motifs is 2. The van der Waals surface area contributed by atoms with E-state index in [1.807, 2.05) is 12.2 Å². The van der Waals surface area contributed by atoms with Crippen LogP contribution in [0.1, 0.15) is 30.8 Å². The number of anilines is 3. The first kappa shape index (κ1) is 26.1. The Morgan fingerprint density at radius 2 is 1.39 bits per heavy atom. The molecule has 4 aromatic carbocycles. The van der Waals surface area contributed by atoms with Gasteiger partial charge in [0.2, 0.25) is 0 Å². The Morgan fingerprint density at radius 1 is 0.732 bits per heavy atom. The Balaban J connectivity index is 1.52. The van der Waals surface area contributed by atoms with Gasteiger partial charge in [-0.3, -0.25) is 4.90 Å². The number of imidazole rings is 1. The number of benzene rings is 4. The van der Waals surface area contributed by atoms with E-state index in [1.165, 1.54) is 22.4 Å². The molecule has 0 bridgehead atoms. The van der Waals surface area contributed by atoms with E-state index >= 15 is 0 Å². The predicted octanol–water partition coefficient (Wildman–Crippen LogP) is 8.76. The largest absolute Gasteiger partial charge is 0.326 e. The second-order valence-corrected chi connectivity index (χ2v) is 9.98. The number of aryl methyl sites for hydroxylation is 1. The molecular formula is C37H35N4+. The highest BCUT2D eigenvalue weighted by Crippen LogP contribution is 2.46. The number of para-hydroxylation sites is 2. The summed E-state index contributed by atoms with van der Waals surface area (Å²) in [7, 11) is 0. The number of hydrogen-bond donors (Lipinski definition) is 0. The van der Waals surface area contributed by atoms with E-state index in [4.69, 9.17) is 0 Å². The van der Waals surface area contributed by atoms with E-state index in [9.17, 15) is 0 Å². The van der Waals surface area contributed by atoms with E-state index in [0.29, 0.717) is 0 Å². The number of rotatable bonds is 8. The standard InChI is InChI=1S/C37H35N4/c1-5-28-22-24-32-34(26-28)38(7-3)36(40(32)30-16-11-9-12-17-30)20-15-21-37-39(8-4)35-27-29(6-2)23-25-33(35)41(37)31-18-13-10-14-19-31/h5-6,9-27H,1-2,7-8H2,3-4H3/q+1. The minimum atomic E-state index is 0.847.